The van der Waals surface area contributed by atoms with E-state index in [9.17, 15) is 19.2 Å². The molecule has 0 fully saturated rings. The van der Waals surface area contributed by atoms with Crippen LogP contribution in [0.5, 0.6) is 0 Å². The van der Waals surface area contributed by atoms with Crippen LogP contribution in [-0.2, 0) is 14.4 Å². The van der Waals surface area contributed by atoms with E-state index < -0.39 is 35.4 Å². The molecule has 3 atom stereocenters. The van der Waals surface area contributed by atoms with E-state index in [2.05, 4.69) is 16.0 Å². The first-order chi connectivity index (χ1) is 13.6. The standard InChI is InChI=1S/C22H33N3O4/c1-6-7-13-17(14-26)24-19(27)15(2)23-21(29)18(22(3,4)5)25-20(28)16-11-9-8-10-12-16/h8-12,14-15,17-18H,6-7,13H2,1-5H3,(H,23,29)(H,24,27)(H,25,28). The first-order valence-electron chi connectivity index (χ1n) is 10.0. The van der Waals surface area contributed by atoms with Gasteiger partial charge >= 0.3 is 0 Å². The van der Waals surface area contributed by atoms with Gasteiger partial charge in [0.25, 0.3) is 5.91 Å². The van der Waals surface area contributed by atoms with E-state index in [1.54, 1.807) is 37.3 Å². The first kappa shape index (κ1) is 24.3. The summed E-state index contributed by atoms with van der Waals surface area (Å²) < 4.78 is 0. The molecular weight excluding hydrogens is 370 g/mol. The van der Waals surface area contributed by atoms with E-state index in [1.165, 1.54) is 0 Å². The van der Waals surface area contributed by atoms with E-state index in [1.807, 2.05) is 27.7 Å². The topological polar surface area (TPSA) is 104 Å². The first-order valence-corrected chi connectivity index (χ1v) is 10.0. The summed E-state index contributed by atoms with van der Waals surface area (Å²) in [7, 11) is 0. The van der Waals surface area contributed by atoms with Crippen LogP contribution in [0.2, 0.25) is 0 Å². The van der Waals surface area contributed by atoms with Gasteiger partial charge in [0, 0.05) is 5.56 Å². The maximum atomic E-state index is 12.8. The average Bonchev–Trinajstić information content (AvgIpc) is 2.68. The minimum atomic E-state index is -0.843. The van der Waals surface area contributed by atoms with Gasteiger partial charge in [0.05, 0.1) is 6.04 Å². The number of rotatable bonds is 10. The molecule has 0 aromatic heterocycles. The Morgan fingerprint density at radius 3 is 2.14 bits per heavy atom. The van der Waals surface area contributed by atoms with Crippen LogP contribution in [0.1, 0.15) is 64.2 Å². The fourth-order valence-corrected chi connectivity index (χ4v) is 2.75. The third-order valence-electron chi connectivity index (χ3n) is 4.55. The largest absolute Gasteiger partial charge is 0.345 e. The molecule has 1 aromatic carbocycles. The Morgan fingerprint density at radius 1 is 1.00 bits per heavy atom. The lowest BCUT2D eigenvalue weighted by atomic mass is 9.85. The number of carbonyl (C=O) groups excluding carboxylic acids is 4. The van der Waals surface area contributed by atoms with Crippen LogP contribution >= 0.6 is 0 Å². The summed E-state index contributed by atoms with van der Waals surface area (Å²) in [5, 5.41) is 8.05. The summed E-state index contributed by atoms with van der Waals surface area (Å²) in [6, 6.07) is 6.37. The van der Waals surface area contributed by atoms with Crippen LogP contribution in [0.3, 0.4) is 0 Å². The third kappa shape index (κ3) is 8.05. The number of amides is 3. The highest BCUT2D eigenvalue weighted by molar-refractivity contribution is 5.98. The molecule has 29 heavy (non-hydrogen) atoms. The number of nitrogens with one attached hydrogen (secondary N) is 3. The van der Waals surface area contributed by atoms with Crippen molar-refractivity contribution in [3.63, 3.8) is 0 Å². The summed E-state index contributed by atoms with van der Waals surface area (Å²) in [6.07, 6.45) is 3.01. The second kappa shape index (κ2) is 11.3. The van der Waals surface area contributed by atoms with Gasteiger partial charge in [0.1, 0.15) is 18.4 Å². The molecule has 160 valence electrons. The normalized spacial score (nSPS) is 14.2. The minimum absolute atomic E-state index is 0.363. The van der Waals surface area contributed by atoms with Gasteiger partial charge in [-0.3, -0.25) is 14.4 Å². The molecule has 1 rings (SSSR count). The maximum absolute atomic E-state index is 12.8. The zero-order valence-corrected chi connectivity index (χ0v) is 18.0. The molecule has 3 unspecified atom stereocenters. The lowest BCUT2D eigenvalue weighted by molar-refractivity contribution is -0.131. The van der Waals surface area contributed by atoms with Gasteiger partial charge in [0.2, 0.25) is 11.8 Å². The monoisotopic (exact) mass is 403 g/mol. The second-order valence-corrected chi connectivity index (χ2v) is 8.26. The number of benzene rings is 1. The summed E-state index contributed by atoms with van der Waals surface area (Å²) >= 11 is 0. The van der Waals surface area contributed by atoms with Crippen molar-refractivity contribution in [2.45, 2.75) is 72.0 Å². The van der Waals surface area contributed by atoms with Crippen molar-refractivity contribution in [3.8, 4) is 0 Å². The lowest BCUT2D eigenvalue weighted by Crippen LogP contribution is -2.57. The van der Waals surface area contributed by atoms with Gasteiger partial charge in [-0.15, -0.1) is 0 Å². The number of hydrogen-bond donors (Lipinski definition) is 3. The lowest BCUT2D eigenvalue weighted by Gasteiger charge is -2.31. The zero-order chi connectivity index (χ0) is 22.0. The molecule has 1 aromatic rings. The Bertz CT molecular complexity index is 698. The number of unbranched alkanes of at least 4 members (excludes halogenated alkanes) is 1. The van der Waals surface area contributed by atoms with Gasteiger partial charge in [-0.25, -0.2) is 0 Å². The van der Waals surface area contributed by atoms with Crippen LogP contribution < -0.4 is 16.0 Å². The molecule has 7 nitrogen and oxygen atoms in total. The van der Waals surface area contributed by atoms with Crippen LogP contribution in [0.25, 0.3) is 0 Å². The van der Waals surface area contributed by atoms with E-state index in [4.69, 9.17) is 0 Å². The highest BCUT2D eigenvalue weighted by Crippen LogP contribution is 2.20. The molecule has 0 aliphatic rings. The highest BCUT2D eigenvalue weighted by Gasteiger charge is 2.34. The summed E-state index contributed by atoms with van der Waals surface area (Å²) in [5.41, 5.74) is -0.123. The number of aldehydes is 1. The van der Waals surface area contributed by atoms with Crippen LogP contribution in [0.15, 0.2) is 30.3 Å². The van der Waals surface area contributed by atoms with Crippen LogP contribution in [-0.4, -0.2) is 42.1 Å². The van der Waals surface area contributed by atoms with Gasteiger partial charge in [-0.05, 0) is 30.9 Å². The smallest absolute Gasteiger partial charge is 0.251 e. The van der Waals surface area contributed by atoms with E-state index in [0.29, 0.717) is 18.3 Å². The highest BCUT2D eigenvalue weighted by atomic mass is 16.2. The number of hydrogen-bond acceptors (Lipinski definition) is 4. The summed E-state index contributed by atoms with van der Waals surface area (Å²) in [5.74, 6) is -1.26. The van der Waals surface area contributed by atoms with Crippen molar-refractivity contribution in [2.24, 2.45) is 5.41 Å². The predicted octanol–water partition coefficient (Wildman–Crippen LogP) is 2.21. The van der Waals surface area contributed by atoms with Crippen molar-refractivity contribution in [2.75, 3.05) is 0 Å². The van der Waals surface area contributed by atoms with Gasteiger partial charge in [0.15, 0.2) is 0 Å². The van der Waals surface area contributed by atoms with Crippen molar-refractivity contribution in [1.82, 2.24) is 16.0 Å². The van der Waals surface area contributed by atoms with Crippen molar-refractivity contribution in [3.05, 3.63) is 35.9 Å². The van der Waals surface area contributed by atoms with Crippen molar-refractivity contribution >= 4 is 24.0 Å². The Morgan fingerprint density at radius 2 is 1.62 bits per heavy atom. The fraction of sp³-hybridized carbons (Fsp3) is 0.545. The third-order valence-corrected chi connectivity index (χ3v) is 4.55. The molecule has 0 heterocycles. The fourth-order valence-electron chi connectivity index (χ4n) is 2.75. The van der Waals surface area contributed by atoms with Crippen LogP contribution in [0, 0.1) is 5.41 Å². The summed E-state index contributed by atoms with van der Waals surface area (Å²) in [6.45, 7) is 9.05. The van der Waals surface area contributed by atoms with E-state index in [0.717, 1.165) is 12.8 Å². The quantitative estimate of drug-likeness (QED) is 0.521. The molecule has 3 amide bonds. The average molecular weight is 404 g/mol. The van der Waals surface area contributed by atoms with Gasteiger partial charge in [-0.2, -0.15) is 0 Å². The van der Waals surface area contributed by atoms with Crippen molar-refractivity contribution < 1.29 is 19.2 Å². The van der Waals surface area contributed by atoms with Gasteiger partial charge < -0.3 is 20.7 Å². The number of carbonyl (C=O) groups is 4. The molecule has 0 saturated heterocycles. The summed E-state index contributed by atoms with van der Waals surface area (Å²) in [4.78, 5) is 48.8. The zero-order valence-electron chi connectivity index (χ0n) is 18.0. The maximum Gasteiger partial charge on any atom is 0.251 e. The SMILES string of the molecule is CCCCC(C=O)NC(=O)C(C)NC(=O)C(NC(=O)c1ccccc1)C(C)(C)C. The Balaban J connectivity index is 2.78. The molecule has 0 radical (unpaired) electrons. The molecule has 0 spiro atoms. The molecule has 7 heteroatoms. The molecule has 0 saturated carbocycles. The predicted molar refractivity (Wildman–Crippen MR) is 112 cm³/mol. The molecule has 0 bridgehead atoms. The molecule has 3 N–H and O–H groups in total. The Hall–Kier alpha value is -2.70. The van der Waals surface area contributed by atoms with Crippen LogP contribution in [0.4, 0.5) is 0 Å². The van der Waals surface area contributed by atoms with Crippen molar-refractivity contribution in [1.29, 1.82) is 0 Å². The second-order valence-electron chi connectivity index (χ2n) is 8.26. The van der Waals surface area contributed by atoms with E-state index >= 15 is 0 Å². The molecular formula is C22H33N3O4. The minimum Gasteiger partial charge on any atom is -0.345 e. The van der Waals surface area contributed by atoms with Gasteiger partial charge in [-0.1, -0.05) is 58.7 Å². The molecule has 0 aliphatic heterocycles. The Kier molecular flexibility index (Phi) is 9.51. The Labute approximate surface area is 173 Å². The molecule has 0 aliphatic carbocycles. The van der Waals surface area contributed by atoms with E-state index in [-0.39, 0.29) is 5.91 Å².